The molecular weight excluding hydrogens is 208 g/mol. The summed E-state index contributed by atoms with van der Waals surface area (Å²) in [6.07, 6.45) is 2.72. The van der Waals surface area contributed by atoms with Crippen molar-refractivity contribution in [3.05, 3.63) is 29.8 Å². The summed E-state index contributed by atoms with van der Waals surface area (Å²) in [5.74, 6) is 0. The molecule has 0 bridgehead atoms. The lowest BCUT2D eigenvalue weighted by Crippen LogP contribution is -2.28. The van der Waals surface area contributed by atoms with Crippen LogP contribution in [0.5, 0.6) is 0 Å². The van der Waals surface area contributed by atoms with E-state index in [4.69, 9.17) is 0 Å². The third kappa shape index (κ3) is 3.22. The van der Waals surface area contributed by atoms with Gasteiger partial charge in [-0.25, -0.2) is 0 Å². The van der Waals surface area contributed by atoms with Crippen molar-refractivity contribution in [1.29, 1.82) is 0 Å². The van der Waals surface area contributed by atoms with Crippen LogP contribution in [0.4, 0.5) is 5.69 Å². The standard InChI is InChI=1S/C15H24N2/c1-4-17(14-9-10-14)15-8-6-5-7-13(15)11-16-12(2)3/h5-8,12,14,16H,4,9-11H2,1-3H3. The van der Waals surface area contributed by atoms with Gasteiger partial charge in [0.15, 0.2) is 0 Å². The Morgan fingerprint density at radius 2 is 2.00 bits per heavy atom. The van der Waals surface area contributed by atoms with Gasteiger partial charge in [0, 0.05) is 30.9 Å². The highest BCUT2D eigenvalue weighted by Gasteiger charge is 2.28. The lowest BCUT2D eigenvalue weighted by molar-refractivity contribution is 0.587. The molecule has 0 radical (unpaired) electrons. The summed E-state index contributed by atoms with van der Waals surface area (Å²) in [6, 6.07) is 10.1. The molecule has 1 fully saturated rings. The Balaban J connectivity index is 2.13. The molecule has 1 aliphatic carbocycles. The normalized spacial score (nSPS) is 15.3. The lowest BCUT2D eigenvalue weighted by atomic mass is 10.1. The molecule has 0 atom stereocenters. The fourth-order valence-corrected chi connectivity index (χ4v) is 2.27. The maximum absolute atomic E-state index is 3.51. The van der Waals surface area contributed by atoms with Crippen molar-refractivity contribution in [1.82, 2.24) is 5.32 Å². The largest absolute Gasteiger partial charge is 0.369 e. The Labute approximate surface area is 105 Å². The van der Waals surface area contributed by atoms with Crippen LogP contribution in [0.2, 0.25) is 0 Å². The number of hydrogen-bond acceptors (Lipinski definition) is 2. The maximum atomic E-state index is 3.51. The number of nitrogens with one attached hydrogen (secondary N) is 1. The van der Waals surface area contributed by atoms with Gasteiger partial charge < -0.3 is 10.2 Å². The van der Waals surface area contributed by atoms with Crippen LogP contribution >= 0.6 is 0 Å². The second kappa shape index (κ2) is 5.54. The highest BCUT2D eigenvalue weighted by Crippen LogP contribution is 2.33. The summed E-state index contributed by atoms with van der Waals surface area (Å²) >= 11 is 0. The van der Waals surface area contributed by atoms with Crippen LogP contribution in [0, 0.1) is 0 Å². The number of para-hydroxylation sites is 1. The summed E-state index contributed by atoms with van der Waals surface area (Å²) < 4.78 is 0. The summed E-state index contributed by atoms with van der Waals surface area (Å²) in [6.45, 7) is 8.73. The fraction of sp³-hybridized carbons (Fsp3) is 0.600. The molecule has 94 valence electrons. The van der Waals surface area contributed by atoms with Gasteiger partial charge in [-0.3, -0.25) is 0 Å². The van der Waals surface area contributed by atoms with Gasteiger partial charge in [-0.1, -0.05) is 32.0 Å². The van der Waals surface area contributed by atoms with E-state index >= 15 is 0 Å². The molecule has 0 spiro atoms. The minimum atomic E-state index is 0.541. The van der Waals surface area contributed by atoms with Gasteiger partial charge in [0.05, 0.1) is 0 Å². The molecule has 0 heterocycles. The van der Waals surface area contributed by atoms with E-state index in [0.29, 0.717) is 6.04 Å². The number of benzene rings is 1. The second-order valence-electron chi connectivity index (χ2n) is 5.18. The molecule has 0 aliphatic heterocycles. The zero-order valence-corrected chi connectivity index (χ0v) is 11.2. The number of nitrogens with zero attached hydrogens (tertiary/aromatic N) is 1. The molecule has 2 heteroatoms. The molecule has 1 aliphatic rings. The van der Waals surface area contributed by atoms with E-state index < -0.39 is 0 Å². The Morgan fingerprint density at radius 3 is 2.59 bits per heavy atom. The van der Waals surface area contributed by atoms with Gasteiger partial charge in [0.2, 0.25) is 0 Å². The topological polar surface area (TPSA) is 15.3 Å². The van der Waals surface area contributed by atoms with Crippen molar-refractivity contribution in [3.8, 4) is 0 Å². The van der Waals surface area contributed by atoms with Crippen LogP contribution in [0.3, 0.4) is 0 Å². The van der Waals surface area contributed by atoms with Crippen molar-refractivity contribution in [3.63, 3.8) is 0 Å². The Kier molecular flexibility index (Phi) is 4.06. The highest BCUT2D eigenvalue weighted by molar-refractivity contribution is 5.55. The smallest absolute Gasteiger partial charge is 0.0414 e. The Morgan fingerprint density at radius 1 is 1.29 bits per heavy atom. The first-order valence-corrected chi connectivity index (χ1v) is 6.80. The molecule has 1 aromatic carbocycles. The molecule has 1 N–H and O–H groups in total. The fourth-order valence-electron chi connectivity index (χ4n) is 2.27. The van der Waals surface area contributed by atoms with Crippen molar-refractivity contribution in [2.24, 2.45) is 0 Å². The van der Waals surface area contributed by atoms with Crippen LogP contribution < -0.4 is 10.2 Å². The van der Waals surface area contributed by atoms with Crippen LogP contribution in [0.15, 0.2) is 24.3 Å². The van der Waals surface area contributed by atoms with Gasteiger partial charge in [-0.05, 0) is 31.4 Å². The average Bonchev–Trinajstić information content (AvgIpc) is 3.13. The van der Waals surface area contributed by atoms with E-state index in [2.05, 4.69) is 55.3 Å². The van der Waals surface area contributed by atoms with Gasteiger partial charge in [-0.2, -0.15) is 0 Å². The van der Waals surface area contributed by atoms with Crippen molar-refractivity contribution < 1.29 is 0 Å². The molecule has 0 aromatic heterocycles. The third-order valence-electron chi connectivity index (χ3n) is 3.33. The van der Waals surface area contributed by atoms with Gasteiger partial charge in [0.1, 0.15) is 0 Å². The highest BCUT2D eigenvalue weighted by atomic mass is 15.2. The number of rotatable bonds is 6. The summed E-state index contributed by atoms with van der Waals surface area (Å²) in [5.41, 5.74) is 2.85. The minimum absolute atomic E-state index is 0.541. The molecule has 1 aromatic rings. The molecule has 2 nitrogen and oxygen atoms in total. The molecular formula is C15H24N2. The average molecular weight is 232 g/mol. The van der Waals surface area contributed by atoms with Gasteiger partial charge in [0.25, 0.3) is 0 Å². The van der Waals surface area contributed by atoms with E-state index in [1.54, 1.807) is 0 Å². The van der Waals surface area contributed by atoms with Crippen LogP contribution in [0.1, 0.15) is 39.2 Å². The Bertz CT molecular complexity index is 356. The molecule has 2 rings (SSSR count). The van der Waals surface area contributed by atoms with Crippen molar-refractivity contribution >= 4 is 5.69 Å². The summed E-state index contributed by atoms with van der Waals surface area (Å²) in [7, 11) is 0. The minimum Gasteiger partial charge on any atom is -0.369 e. The molecule has 0 saturated heterocycles. The predicted molar refractivity (Wildman–Crippen MR) is 74.5 cm³/mol. The summed E-state index contributed by atoms with van der Waals surface area (Å²) in [5, 5.41) is 3.51. The van der Waals surface area contributed by atoms with Crippen molar-refractivity contribution in [2.75, 3.05) is 11.4 Å². The quantitative estimate of drug-likeness (QED) is 0.810. The number of anilines is 1. The van der Waals surface area contributed by atoms with E-state index in [-0.39, 0.29) is 0 Å². The molecule has 0 unspecified atom stereocenters. The molecule has 1 saturated carbocycles. The zero-order chi connectivity index (χ0) is 12.3. The van der Waals surface area contributed by atoms with E-state index in [1.807, 2.05) is 0 Å². The Hall–Kier alpha value is -1.02. The van der Waals surface area contributed by atoms with Crippen molar-refractivity contribution in [2.45, 2.75) is 52.2 Å². The first-order valence-electron chi connectivity index (χ1n) is 6.80. The van der Waals surface area contributed by atoms with Crippen LogP contribution in [-0.2, 0) is 6.54 Å². The first-order chi connectivity index (χ1) is 8.22. The summed E-state index contributed by atoms with van der Waals surface area (Å²) in [4.78, 5) is 2.55. The predicted octanol–water partition coefficient (Wildman–Crippen LogP) is 3.17. The lowest BCUT2D eigenvalue weighted by Gasteiger charge is -2.26. The number of hydrogen-bond donors (Lipinski definition) is 1. The van der Waals surface area contributed by atoms with E-state index in [9.17, 15) is 0 Å². The second-order valence-corrected chi connectivity index (χ2v) is 5.18. The SMILES string of the molecule is CCN(c1ccccc1CNC(C)C)C1CC1. The van der Waals surface area contributed by atoms with Crippen LogP contribution in [0.25, 0.3) is 0 Å². The van der Waals surface area contributed by atoms with Gasteiger partial charge >= 0.3 is 0 Å². The molecule has 0 amide bonds. The first kappa shape index (κ1) is 12.4. The maximum Gasteiger partial charge on any atom is 0.0414 e. The van der Waals surface area contributed by atoms with Crippen LogP contribution in [-0.4, -0.2) is 18.6 Å². The molecule has 17 heavy (non-hydrogen) atoms. The third-order valence-corrected chi connectivity index (χ3v) is 3.33. The van der Waals surface area contributed by atoms with E-state index in [1.165, 1.54) is 24.1 Å². The monoisotopic (exact) mass is 232 g/mol. The zero-order valence-electron chi connectivity index (χ0n) is 11.2. The van der Waals surface area contributed by atoms with Gasteiger partial charge in [-0.15, -0.1) is 0 Å². The van der Waals surface area contributed by atoms with E-state index in [0.717, 1.165) is 19.1 Å².